The fraction of sp³-hybridized carbons (Fsp3) is 0.333. The zero-order valence-corrected chi connectivity index (χ0v) is 23.3. The summed E-state index contributed by atoms with van der Waals surface area (Å²) in [5, 5.41) is 37.0. The van der Waals surface area contributed by atoms with Gasteiger partial charge in [0.2, 0.25) is 0 Å². The van der Waals surface area contributed by atoms with Crippen molar-refractivity contribution < 1.29 is 17.6 Å². The molecule has 2 aromatic carbocycles. The van der Waals surface area contributed by atoms with Gasteiger partial charge in [0.15, 0.2) is 5.54 Å². The third-order valence-corrected chi connectivity index (χ3v) is 7.64. The maximum atomic E-state index is 13.8. The fourth-order valence-corrected chi connectivity index (χ4v) is 5.00. The van der Waals surface area contributed by atoms with Crippen molar-refractivity contribution in [3.05, 3.63) is 77.0 Å². The average Bonchev–Trinajstić information content (AvgIpc) is 3.66. The van der Waals surface area contributed by atoms with Gasteiger partial charge in [0.1, 0.15) is 18.0 Å². The van der Waals surface area contributed by atoms with Gasteiger partial charge in [-0.15, -0.1) is 5.53 Å². The lowest BCUT2D eigenvalue weighted by atomic mass is 9.90. The second kappa shape index (κ2) is 11.0. The number of hydrazine groups is 2. The Balaban J connectivity index is 1.57. The van der Waals surface area contributed by atoms with E-state index in [1.165, 1.54) is 36.7 Å². The Hall–Kier alpha value is -5.06. The number of rotatable bonds is 9. The van der Waals surface area contributed by atoms with Crippen LogP contribution in [0.1, 0.15) is 55.8 Å². The second-order valence-corrected chi connectivity index (χ2v) is 11.4. The van der Waals surface area contributed by atoms with E-state index in [-0.39, 0.29) is 30.4 Å². The highest BCUT2D eigenvalue weighted by Crippen LogP contribution is 2.53. The highest BCUT2D eigenvalue weighted by Gasteiger charge is 2.67. The van der Waals surface area contributed by atoms with Crippen LogP contribution in [0.15, 0.2) is 54.5 Å². The zero-order valence-electron chi connectivity index (χ0n) is 23.3. The fourth-order valence-electron chi connectivity index (χ4n) is 5.00. The molecule has 1 aromatic heterocycles. The molecule has 13 heteroatoms. The number of nitriles is 3. The molecule has 1 fully saturated rings. The molecule has 0 bridgehead atoms. The minimum absolute atomic E-state index is 0.0605. The van der Waals surface area contributed by atoms with E-state index in [1.807, 2.05) is 13.8 Å². The van der Waals surface area contributed by atoms with Crippen LogP contribution in [0.25, 0.3) is 10.9 Å². The van der Waals surface area contributed by atoms with Gasteiger partial charge in [0.25, 0.3) is 0 Å². The number of hydrogen-bond donors (Lipinski definition) is 4. The number of nitrogens with one attached hydrogen (secondary N) is 4. The molecule has 1 aliphatic heterocycles. The monoisotopic (exact) mass is 589 g/mol. The molecular weight excluding hydrogens is 562 g/mol. The van der Waals surface area contributed by atoms with Gasteiger partial charge >= 0.3 is 6.18 Å². The summed E-state index contributed by atoms with van der Waals surface area (Å²) >= 11 is 0. The average molecular weight is 590 g/mol. The molecule has 220 valence electrons. The Morgan fingerprint density at radius 3 is 2.37 bits per heavy atom. The molecule has 0 spiro atoms. The number of fused-ring (bicyclic) bond motifs is 1. The van der Waals surface area contributed by atoms with Crippen molar-refractivity contribution in [1.82, 2.24) is 21.0 Å². The molecular formula is C30H27F4N9. The molecule has 5 rings (SSSR count). The first-order valence-corrected chi connectivity index (χ1v) is 13.4. The normalized spacial score (nSPS) is 16.3. The van der Waals surface area contributed by atoms with Crippen molar-refractivity contribution in [2.24, 2.45) is 5.41 Å². The lowest BCUT2D eigenvalue weighted by Crippen LogP contribution is -2.52. The first-order chi connectivity index (χ1) is 20.4. The highest BCUT2D eigenvalue weighted by molar-refractivity contribution is 5.99. The summed E-state index contributed by atoms with van der Waals surface area (Å²) in [6.45, 7) is 4.17. The number of hydrogen-bond acceptors (Lipinski definition) is 9. The van der Waals surface area contributed by atoms with Crippen molar-refractivity contribution in [3.8, 4) is 18.2 Å². The summed E-state index contributed by atoms with van der Waals surface area (Å²) in [6.07, 6.45) is -1.59. The third kappa shape index (κ3) is 5.70. The maximum Gasteiger partial charge on any atom is 0.413 e. The Bertz CT molecular complexity index is 1710. The minimum Gasteiger partial charge on any atom is -0.383 e. The SMILES string of the molecule is CC(C)(CC#N)CNc1c(C#N)cnc2c(C#N)cc(NC(C3=CN(C4(C(F)(F)F)CC4)NN3)c3ccc(F)cc3)cc12. The number of nitrogens with zero attached hydrogens (tertiary/aromatic N) is 5. The van der Waals surface area contributed by atoms with E-state index in [0.717, 1.165) is 5.01 Å². The molecule has 1 unspecified atom stereocenters. The van der Waals surface area contributed by atoms with Crippen LogP contribution in [0.4, 0.5) is 28.9 Å². The molecule has 3 aromatic rings. The predicted octanol–water partition coefficient (Wildman–Crippen LogP) is 5.88. The third-order valence-electron chi connectivity index (χ3n) is 7.64. The van der Waals surface area contributed by atoms with Crippen molar-refractivity contribution in [3.63, 3.8) is 0 Å². The summed E-state index contributed by atoms with van der Waals surface area (Å²) in [5.41, 5.74) is 5.48. The van der Waals surface area contributed by atoms with Crippen LogP contribution in [0, 0.1) is 45.2 Å². The molecule has 1 aliphatic carbocycles. The van der Waals surface area contributed by atoms with Gasteiger partial charge in [0, 0.05) is 36.4 Å². The van der Waals surface area contributed by atoms with Gasteiger partial charge in [-0.2, -0.15) is 29.0 Å². The van der Waals surface area contributed by atoms with Gasteiger partial charge in [-0.1, -0.05) is 26.0 Å². The molecule has 0 amide bonds. The second-order valence-electron chi connectivity index (χ2n) is 11.4. The van der Waals surface area contributed by atoms with Crippen LogP contribution in [0.3, 0.4) is 0 Å². The number of benzene rings is 2. The number of anilines is 2. The maximum absolute atomic E-state index is 13.8. The van der Waals surface area contributed by atoms with E-state index in [0.29, 0.717) is 40.1 Å². The number of pyridine rings is 1. The largest absolute Gasteiger partial charge is 0.413 e. The summed E-state index contributed by atoms with van der Waals surface area (Å²) in [6, 6.07) is 14.4. The number of aromatic nitrogens is 1. The van der Waals surface area contributed by atoms with E-state index < -0.39 is 29.0 Å². The highest BCUT2D eigenvalue weighted by atomic mass is 19.4. The first-order valence-electron chi connectivity index (χ1n) is 13.4. The quantitative estimate of drug-likeness (QED) is 0.226. The number of alkyl halides is 3. The van der Waals surface area contributed by atoms with E-state index in [2.05, 4.69) is 44.8 Å². The Morgan fingerprint density at radius 1 is 1.07 bits per heavy atom. The molecule has 2 heterocycles. The van der Waals surface area contributed by atoms with Crippen LogP contribution < -0.4 is 21.6 Å². The molecule has 2 aliphatic rings. The van der Waals surface area contributed by atoms with Crippen molar-refractivity contribution >= 4 is 22.3 Å². The lowest BCUT2D eigenvalue weighted by molar-refractivity contribution is -0.195. The lowest BCUT2D eigenvalue weighted by Gasteiger charge is -2.28. The van der Waals surface area contributed by atoms with Crippen LogP contribution in [0.5, 0.6) is 0 Å². The van der Waals surface area contributed by atoms with E-state index >= 15 is 0 Å². The van der Waals surface area contributed by atoms with Crippen LogP contribution in [-0.2, 0) is 0 Å². The van der Waals surface area contributed by atoms with Gasteiger partial charge in [-0.25, -0.2) is 4.39 Å². The number of halogens is 4. The Labute approximate surface area is 245 Å². The Kier molecular flexibility index (Phi) is 7.51. The van der Waals surface area contributed by atoms with Crippen LogP contribution in [0.2, 0.25) is 0 Å². The van der Waals surface area contributed by atoms with E-state index in [1.54, 1.807) is 12.1 Å². The van der Waals surface area contributed by atoms with E-state index in [9.17, 15) is 33.3 Å². The van der Waals surface area contributed by atoms with Gasteiger partial charge in [-0.3, -0.25) is 9.99 Å². The minimum atomic E-state index is -4.46. The van der Waals surface area contributed by atoms with Crippen molar-refractivity contribution in [2.75, 3.05) is 17.2 Å². The standard InChI is InChI=1S/C30H27F4N9/c1-28(2,9-10-35)17-39-26-20(14-37)15-38-25-19(13-36)11-22(12-23(25)26)40-27(18-3-5-21(31)6-4-18)24-16-43(42-41-24)29(7-8-29)30(32,33)34/h3-6,11-12,15-16,27,40-42H,7-9,17H2,1-2H3,(H,38,39). The molecule has 9 nitrogen and oxygen atoms in total. The summed E-state index contributed by atoms with van der Waals surface area (Å²) in [5.74, 6) is -0.479. The summed E-state index contributed by atoms with van der Waals surface area (Å²) in [7, 11) is 0. The Morgan fingerprint density at radius 2 is 1.77 bits per heavy atom. The van der Waals surface area contributed by atoms with Gasteiger partial charge < -0.3 is 16.1 Å². The molecule has 4 N–H and O–H groups in total. The van der Waals surface area contributed by atoms with Crippen molar-refractivity contribution in [1.29, 1.82) is 15.8 Å². The predicted molar refractivity (Wildman–Crippen MR) is 151 cm³/mol. The van der Waals surface area contributed by atoms with Crippen LogP contribution >= 0.6 is 0 Å². The molecule has 1 atom stereocenters. The zero-order chi connectivity index (χ0) is 31.0. The van der Waals surface area contributed by atoms with E-state index in [4.69, 9.17) is 0 Å². The smallest absolute Gasteiger partial charge is 0.383 e. The van der Waals surface area contributed by atoms with Gasteiger partial charge in [0.05, 0.1) is 40.1 Å². The summed E-state index contributed by atoms with van der Waals surface area (Å²) in [4.78, 5) is 4.34. The molecule has 0 radical (unpaired) electrons. The molecule has 1 saturated carbocycles. The molecule has 0 saturated heterocycles. The summed E-state index contributed by atoms with van der Waals surface area (Å²) < 4.78 is 55.3. The molecule has 43 heavy (non-hydrogen) atoms. The van der Waals surface area contributed by atoms with Gasteiger partial charge in [-0.05, 0) is 48.1 Å². The first kappa shape index (κ1) is 29.4. The topological polar surface area (TPSA) is 136 Å². The van der Waals surface area contributed by atoms with Crippen molar-refractivity contribution in [2.45, 2.75) is 50.9 Å². The van der Waals surface area contributed by atoms with Crippen LogP contribution in [-0.4, -0.2) is 28.3 Å².